The van der Waals surface area contributed by atoms with Gasteiger partial charge in [0.1, 0.15) is 0 Å². The first-order valence-corrected chi connectivity index (χ1v) is 7.68. The number of nitrogens with zero attached hydrogens (tertiary/aromatic N) is 2. The predicted octanol–water partition coefficient (Wildman–Crippen LogP) is 0.931. The number of hydrogen-bond donors (Lipinski definition) is 1. The molecule has 1 aliphatic heterocycles. The minimum absolute atomic E-state index is 0.0250. The van der Waals surface area contributed by atoms with E-state index in [-0.39, 0.29) is 10.9 Å². The molecule has 0 bridgehead atoms. The van der Waals surface area contributed by atoms with Gasteiger partial charge in [-0.15, -0.1) is 0 Å². The van der Waals surface area contributed by atoms with E-state index in [1.807, 2.05) is 6.07 Å². The molecule has 1 N–H and O–H groups in total. The molecule has 6 heteroatoms. The Labute approximate surface area is 113 Å². The van der Waals surface area contributed by atoms with E-state index in [0.717, 1.165) is 25.9 Å². The van der Waals surface area contributed by atoms with Gasteiger partial charge in [0.25, 0.3) is 0 Å². The highest BCUT2D eigenvalue weighted by Crippen LogP contribution is 2.21. The summed E-state index contributed by atoms with van der Waals surface area (Å²) in [6, 6.07) is 8.15. The summed E-state index contributed by atoms with van der Waals surface area (Å²) in [5, 5.41) is 12.1. The van der Waals surface area contributed by atoms with Crippen molar-refractivity contribution in [3.63, 3.8) is 0 Å². The van der Waals surface area contributed by atoms with Gasteiger partial charge in [-0.1, -0.05) is 6.07 Å². The molecule has 1 aliphatic rings. The maximum atomic E-state index is 12.5. The van der Waals surface area contributed by atoms with Gasteiger partial charge >= 0.3 is 0 Å². The zero-order chi connectivity index (χ0) is 13.9. The maximum absolute atomic E-state index is 12.5. The summed E-state index contributed by atoms with van der Waals surface area (Å²) in [6.45, 7) is 1.67. The van der Waals surface area contributed by atoms with Crippen LogP contribution in [0.5, 0.6) is 0 Å². The highest BCUT2D eigenvalue weighted by Gasteiger charge is 2.28. The van der Waals surface area contributed by atoms with Crippen LogP contribution in [0.25, 0.3) is 0 Å². The van der Waals surface area contributed by atoms with Gasteiger partial charge in [0.05, 0.1) is 16.5 Å². The van der Waals surface area contributed by atoms with Crippen molar-refractivity contribution in [2.75, 3.05) is 20.1 Å². The molecular formula is C13H17N3O2S. The lowest BCUT2D eigenvalue weighted by atomic mass is 10.1. The Kier molecular flexibility index (Phi) is 4.20. The standard InChI is InChI=1S/C13H17N3O2S/c1-16(12-5-7-15-8-6-12)19(17,18)13-4-2-3-11(9-13)10-14/h2-4,9,12,15H,5-8H2,1H3. The Morgan fingerprint density at radius 1 is 1.37 bits per heavy atom. The van der Waals surface area contributed by atoms with E-state index in [1.165, 1.54) is 16.4 Å². The van der Waals surface area contributed by atoms with E-state index in [4.69, 9.17) is 5.26 Å². The van der Waals surface area contributed by atoms with Crippen LogP contribution < -0.4 is 5.32 Å². The van der Waals surface area contributed by atoms with Gasteiger partial charge in [0.2, 0.25) is 10.0 Å². The highest BCUT2D eigenvalue weighted by atomic mass is 32.2. The largest absolute Gasteiger partial charge is 0.317 e. The average molecular weight is 279 g/mol. The van der Waals surface area contributed by atoms with Crippen molar-refractivity contribution in [3.8, 4) is 6.07 Å². The first-order valence-electron chi connectivity index (χ1n) is 6.24. The smallest absolute Gasteiger partial charge is 0.243 e. The molecule has 102 valence electrons. The Morgan fingerprint density at radius 3 is 2.68 bits per heavy atom. The fraction of sp³-hybridized carbons (Fsp3) is 0.462. The quantitative estimate of drug-likeness (QED) is 0.893. The van der Waals surface area contributed by atoms with Gasteiger partial charge in [-0.3, -0.25) is 0 Å². The van der Waals surface area contributed by atoms with Gasteiger partial charge in [-0.05, 0) is 44.1 Å². The average Bonchev–Trinajstić information content (AvgIpc) is 2.47. The summed E-state index contributed by atoms with van der Waals surface area (Å²) in [5.74, 6) is 0. The zero-order valence-corrected chi connectivity index (χ0v) is 11.7. The molecule has 2 rings (SSSR count). The van der Waals surface area contributed by atoms with Crippen LogP contribution in [0, 0.1) is 11.3 Å². The second kappa shape index (κ2) is 5.70. The fourth-order valence-electron chi connectivity index (χ4n) is 2.26. The molecule has 1 saturated heterocycles. The fourth-order valence-corrected chi connectivity index (χ4v) is 3.72. The minimum Gasteiger partial charge on any atom is -0.317 e. The van der Waals surface area contributed by atoms with Crippen molar-refractivity contribution in [1.29, 1.82) is 5.26 Å². The Bertz CT molecular complexity index is 586. The molecule has 0 atom stereocenters. The summed E-state index contributed by atoms with van der Waals surface area (Å²) in [7, 11) is -1.90. The molecule has 0 spiro atoms. The number of nitrogens with one attached hydrogen (secondary N) is 1. The van der Waals surface area contributed by atoms with Crippen LogP contribution in [-0.2, 0) is 10.0 Å². The van der Waals surface area contributed by atoms with E-state index in [9.17, 15) is 8.42 Å². The van der Waals surface area contributed by atoms with Gasteiger partial charge in [0.15, 0.2) is 0 Å². The van der Waals surface area contributed by atoms with Crippen molar-refractivity contribution in [2.45, 2.75) is 23.8 Å². The van der Waals surface area contributed by atoms with Crippen molar-refractivity contribution >= 4 is 10.0 Å². The lowest BCUT2D eigenvalue weighted by Crippen LogP contribution is -2.43. The predicted molar refractivity (Wildman–Crippen MR) is 72.0 cm³/mol. The summed E-state index contributed by atoms with van der Waals surface area (Å²) >= 11 is 0. The van der Waals surface area contributed by atoms with Crippen molar-refractivity contribution in [2.24, 2.45) is 0 Å². The summed E-state index contributed by atoms with van der Waals surface area (Å²) in [5.41, 5.74) is 0.361. The molecule has 19 heavy (non-hydrogen) atoms. The summed E-state index contributed by atoms with van der Waals surface area (Å²) in [6.07, 6.45) is 1.63. The van der Waals surface area contributed by atoms with Gasteiger partial charge in [0, 0.05) is 13.1 Å². The lowest BCUT2D eigenvalue weighted by molar-refractivity contribution is 0.296. The first-order chi connectivity index (χ1) is 9.05. The van der Waals surface area contributed by atoms with E-state index in [0.29, 0.717) is 5.56 Å². The molecule has 1 aromatic carbocycles. The molecular weight excluding hydrogens is 262 g/mol. The number of sulfonamides is 1. The van der Waals surface area contributed by atoms with Gasteiger partial charge in [-0.25, -0.2) is 8.42 Å². The lowest BCUT2D eigenvalue weighted by Gasteiger charge is -2.30. The third-order valence-electron chi connectivity index (χ3n) is 3.46. The third-order valence-corrected chi connectivity index (χ3v) is 5.37. The minimum atomic E-state index is -3.52. The number of piperidine rings is 1. The molecule has 0 aromatic heterocycles. The second-order valence-electron chi connectivity index (χ2n) is 4.64. The summed E-state index contributed by atoms with van der Waals surface area (Å²) in [4.78, 5) is 0.188. The Hall–Kier alpha value is -1.42. The van der Waals surface area contributed by atoms with Gasteiger partial charge in [-0.2, -0.15) is 9.57 Å². The van der Waals surface area contributed by atoms with Crippen molar-refractivity contribution in [3.05, 3.63) is 29.8 Å². The van der Waals surface area contributed by atoms with Crippen molar-refractivity contribution in [1.82, 2.24) is 9.62 Å². The van der Waals surface area contributed by atoms with Crippen LogP contribution in [0.1, 0.15) is 18.4 Å². The normalized spacial score (nSPS) is 17.3. The molecule has 1 aromatic rings. The molecule has 1 fully saturated rings. The number of benzene rings is 1. The highest BCUT2D eigenvalue weighted by molar-refractivity contribution is 7.89. The van der Waals surface area contributed by atoms with E-state index >= 15 is 0 Å². The molecule has 1 heterocycles. The van der Waals surface area contributed by atoms with E-state index in [2.05, 4.69) is 5.32 Å². The van der Waals surface area contributed by atoms with E-state index in [1.54, 1.807) is 19.2 Å². The summed E-state index contributed by atoms with van der Waals surface area (Å²) < 4.78 is 26.4. The molecule has 5 nitrogen and oxygen atoms in total. The van der Waals surface area contributed by atoms with Crippen LogP contribution in [-0.4, -0.2) is 38.9 Å². The number of rotatable bonds is 3. The number of nitriles is 1. The SMILES string of the molecule is CN(C1CCNCC1)S(=O)(=O)c1cccc(C#N)c1. The van der Waals surface area contributed by atoms with Crippen LogP contribution in [0.4, 0.5) is 0 Å². The van der Waals surface area contributed by atoms with Crippen LogP contribution in [0.2, 0.25) is 0 Å². The molecule has 0 radical (unpaired) electrons. The third kappa shape index (κ3) is 2.95. The van der Waals surface area contributed by atoms with E-state index < -0.39 is 10.0 Å². The Balaban J connectivity index is 2.28. The second-order valence-corrected chi connectivity index (χ2v) is 6.64. The first kappa shape index (κ1) is 14.0. The van der Waals surface area contributed by atoms with Crippen LogP contribution in [0.15, 0.2) is 29.2 Å². The molecule has 0 amide bonds. The number of hydrogen-bond acceptors (Lipinski definition) is 4. The van der Waals surface area contributed by atoms with Crippen LogP contribution in [0.3, 0.4) is 0 Å². The Morgan fingerprint density at radius 2 is 2.05 bits per heavy atom. The topological polar surface area (TPSA) is 73.2 Å². The van der Waals surface area contributed by atoms with Crippen molar-refractivity contribution < 1.29 is 8.42 Å². The molecule has 0 aliphatic carbocycles. The van der Waals surface area contributed by atoms with Crippen LogP contribution >= 0.6 is 0 Å². The monoisotopic (exact) mass is 279 g/mol. The maximum Gasteiger partial charge on any atom is 0.243 e. The molecule has 0 unspecified atom stereocenters. The zero-order valence-electron chi connectivity index (χ0n) is 10.8. The van der Waals surface area contributed by atoms with Gasteiger partial charge < -0.3 is 5.32 Å². The molecule has 0 saturated carbocycles.